The van der Waals surface area contributed by atoms with E-state index < -0.39 is 0 Å². The first-order valence-corrected chi connectivity index (χ1v) is 7.20. The number of carbonyl (C=O) groups excluding carboxylic acids is 1. The second kappa shape index (κ2) is 5.36. The highest BCUT2D eigenvalue weighted by atomic mass is 35.5. The number of nitrogen functional groups attached to an aromatic ring is 1. The van der Waals surface area contributed by atoms with E-state index in [0.29, 0.717) is 17.8 Å². The summed E-state index contributed by atoms with van der Waals surface area (Å²) < 4.78 is 0.135. The van der Waals surface area contributed by atoms with Gasteiger partial charge in [-0.05, 0) is 31.6 Å². The Kier molecular flexibility index (Phi) is 4.02. The molecule has 1 fully saturated rings. The van der Waals surface area contributed by atoms with Crippen LogP contribution < -0.4 is 11.1 Å². The molecule has 1 aromatic rings. The third kappa shape index (κ3) is 3.09. The zero-order chi connectivity index (χ0) is 13.2. The molecule has 1 aromatic heterocycles. The smallest absolute Gasteiger partial charge is 0.254 e. The van der Waals surface area contributed by atoms with Crippen LogP contribution in [0.4, 0.5) is 5.69 Å². The van der Waals surface area contributed by atoms with Crippen LogP contribution in [-0.4, -0.2) is 27.9 Å². The molecule has 2 rings (SSSR count). The lowest BCUT2D eigenvalue weighted by molar-refractivity contribution is 0.0950. The number of thioether (sulfide) groups is 1. The van der Waals surface area contributed by atoms with Gasteiger partial charge in [0.1, 0.15) is 5.15 Å². The van der Waals surface area contributed by atoms with Crippen molar-refractivity contribution in [2.75, 3.05) is 18.0 Å². The zero-order valence-corrected chi connectivity index (χ0v) is 11.8. The number of amides is 1. The highest BCUT2D eigenvalue weighted by molar-refractivity contribution is 8.00. The van der Waals surface area contributed by atoms with Crippen molar-refractivity contribution >= 4 is 35.0 Å². The molecule has 1 aliphatic rings. The van der Waals surface area contributed by atoms with E-state index in [9.17, 15) is 4.79 Å². The average Bonchev–Trinajstić information content (AvgIpc) is 2.77. The summed E-state index contributed by atoms with van der Waals surface area (Å²) in [5.74, 6) is 0.945. The molecule has 0 saturated carbocycles. The lowest BCUT2D eigenvalue weighted by atomic mass is 10.1. The van der Waals surface area contributed by atoms with Gasteiger partial charge in [0.15, 0.2) is 0 Å². The number of pyridine rings is 1. The quantitative estimate of drug-likeness (QED) is 0.837. The van der Waals surface area contributed by atoms with Crippen LogP contribution in [0.1, 0.15) is 30.1 Å². The molecule has 1 aliphatic heterocycles. The second-order valence-electron chi connectivity index (χ2n) is 4.69. The number of halogens is 1. The summed E-state index contributed by atoms with van der Waals surface area (Å²) in [6.07, 6.45) is 3.77. The number of anilines is 1. The van der Waals surface area contributed by atoms with Gasteiger partial charge in [0.2, 0.25) is 0 Å². The van der Waals surface area contributed by atoms with E-state index in [1.54, 1.807) is 6.07 Å². The van der Waals surface area contributed by atoms with Gasteiger partial charge in [-0.25, -0.2) is 4.98 Å². The molecule has 3 N–H and O–H groups in total. The molecule has 98 valence electrons. The monoisotopic (exact) mass is 285 g/mol. The van der Waals surface area contributed by atoms with Crippen molar-refractivity contribution in [2.45, 2.75) is 24.5 Å². The summed E-state index contributed by atoms with van der Waals surface area (Å²) in [6.45, 7) is 2.81. The Hall–Kier alpha value is -0.940. The van der Waals surface area contributed by atoms with Crippen molar-refractivity contribution < 1.29 is 4.79 Å². The first-order valence-electron chi connectivity index (χ1n) is 5.83. The van der Waals surface area contributed by atoms with Gasteiger partial charge in [0.05, 0.1) is 17.4 Å². The normalized spacial score (nSPS) is 23.0. The summed E-state index contributed by atoms with van der Waals surface area (Å²) in [7, 11) is 0. The molecular formula is C12H16ClN3OS. The third-order valence-corrected chi connectivity index (χ3v) is 4.87. The van der Waals surface area contributed by atoms with Gasteiger partial charge in [-0.1, -0.05) is 11.6 Å². The van der Waals surface area contributed by atoms with Gasteiger partial charge >= 0.3 is 0 Å². The second-order valence-corrected chi connectivity index (χ2v) is 6.73. The highest BCUT2D eigenvalue weighted by Crippen LogP contribution is 2.37. The van der Waals surface area contributed by atoms with E-state index in [1.165, 1.54) is 12.6 Å². The summed E-state index contributed by atoms with van der Waals surface area (Å²) >= 11 is 7.79. The van der Waals surface area contributed by atoms with Crippen LogP contribution in [-0.2, 0) is 0 Å². The van der Waals surface area contributed by atoms with Crippen LogP contribution >= 0.6 is 23.4 Å². The van der Waals surface area contributed by atoms with Crippen LogP contribution in [0.2, 0.25) is 5.15 Å². The number of aromatic nitrogens is 1. The van der Waals surface area contributed by atoms with E-state index in [1.807, 2.05) is 11.8 Å². The Morgan fingerprint density at radius 3 is 3.17 bits per heavy atom. The summed E-state index contributed by atoms with van der Waals surface area (Å²) in [4.78, 5) is 15.9. The number of rotatable bonds is 3. The van der Waals surface area contributed by atoms with Gasteiger partial charge in [0, 0.05) is 11.3 Å². The van der Waals surface area contributed by atoms with Crippen molar-refractivity contribution in [1.82, 2.24) is 10.3 Å². The zero-order valence-electron chi connectivity index (χ0n) is 10.2. The molecule has 1 amide bonds. The maximum Gasteiger partial charge on any atom is 0.254 e. The van der Waals surface area contributed by atoms with Crippen molar-refractivity contribution in [3.8, 4) is 0 Å². The lowest BCUT2D eigenvalue weighted by Gasteiger charge is -2.22. The van der Waals surface area contributed by atoms with Crippen LogP contribution in [0, 0.1) is 0 Å². The molecule has 2 heterocycles. The molecule has 1 unspecified atom stereocenters. The largest absolute Gasteiger partial charge is 0.397 e. The van der Waals surface area contributed by atoms with E-state index in [-0.39, 0.29) is 15.8 Å². The lowest BCUT2D eigenvalue weighted by Crippen LogP contribution is -2.36. The number of hydrogen-bond acceptors (Lipinski definition) is 4. The number of nitrogens with zero attached hydrogens (tertiary/aromatic N) is 1. The standard InChI is InChI=1S/C12H16ClN3OS/c1-12(3-2-4-18-12)7-16-11(17)9-5-8(14)6-15-10(9)13/h5-6H,2-4,7,14H2,1H3,(H,16,17). The summed E-state index contributed by atoms with van der Waals surface area (Å²) in [5, 5.41) is 3.10. The molecule has 1 saturated heterocycles. The Morgan fingerprint density at radius 2 is 2.50 bits per heavy atom. The van der Waals surface area contributed by atoms with Gasteiger partial charge in [-0.15, -0.1) is 0 Å². The Balaban J connectivity index is 2.01. The number of nitrogens with two attached hydrogens (primary N) is 1. The predicted octanol–water partition coefficient (Wildman–Crippen LogP) is 2.33. The first-order chi connectivity index (χ1) is 8.50. The van der Waals surface area contributed by atoms with Crippen LogP contribution in [0.3, 0.4) is 0 Å². The maximum absolute atomic E-state index is 12.0. The van der Waals surface area contributed by atoms with Crippen LogP contribution in [0.25, 0.3) is 0 Å². The van der Waals surface area contributed by atoms with Gasteiger partial charge in [0.25, 0.3) is 5.91 Å². The molecule has 0 spiro atoms. The minimum Gasteiger partial charge on any atom is -0.397 e. The fourth-order valence-electron chi connectivity index (χ4n) is 1.96. The number of hydrogen-bond donors (Lipinski definition) is 2. The molecule has 0 aromatic carbocycles. The minimum atomic E-state index is -0.214. The summed E-state index contributed by atoms with van der Waals surface area (Å²) in [6, 6.07) is 1.55. The molecular weight excluding hydrogens is 270 g/mol. The Labute approximate surface area is 116 Å². The van der Waals surface area contributed by atoms with Gasteiger partial charge in [-0.3, -0.25) is 4.79 Å². The molecule has 0 bridgehead atoms. The summed E-state index contributed by atoms with van der Waals surface area (Å²) in [5.41, 5.74) is 6.38. The molecule has 4 nitrogen and oxygen atoms in total. The van der Waals surface area contributed by atoms with E-state index in [2.05, 4.69) is 17.2 Å². The van der Waals surface area contributed by atoms with Gasteiger partial charge in [-0.2, -0.15) is 11.8 Å². The third-order valence-electron chi connectivity index (χ3n) is 3.03. The van der Waals surface area contributed by atoms with E-state index in [4.69, 9.17) is 17.3 Å². The van der Waals surface area contributed by atoms with E-state index >= 15 is 0 Å². The molecule has 6 heteroatoms. The molecule has 0 aliphatic carbocycles. The molecule has 18 heavy (non-hydrogen) atoms. The maximum atomic E-state index is 12.0. The fraction of sp³-hybridized carbons (Fsp3) is 0.500. The fourth-order valence-corrected chi connectivity index (χ4v) is 3.40. The highest BCUT2D eigenvalue weighted by Gasteiger charge is 2.30. The van der Waals surface area contributed by atoms with Crippen molar-refractivity contribution in [3.05, 3.63) is 23.0 Å². The van der Waals surface area contributed by atoms with Crippen LogP contribution in [0.5, 0.6) is 0 Å². The van der Waals surface area contributed by atoms with Gasteiger partial charge < -0.3 is 11.1 Å². The molecule has 1 atom stereocenters. The number of nitrogens with one attached hydrogen (secondary N) is 1. The predicted molar refractivity (Wildman–Crippen MR) is 76.1 cm³/mol. The van der Waals surface area contributed by atoms with Crippen molar-refractivity contribution in [3.63, 3.8) is 0 Å². The van der Waals surface area contributed by atoms with E-state index in [0.717, 1.165) is 12.2 Å². The average molecular weight is 286 g/mol. The van der Waals surface area contributed by atoms with Crippen molar-refractivity contribution in [2.24, 2.45) is 0 Å². The van der Waals surface area contributed by atoms with Crippen LogP contribution in [0.15, 0.2) is 12.3 Å². The molecule has 0 radical (unpaired) electrons. The minimum absolute atomic E-state index is 0.135. The Bertz CT molecular complexity index is 461. The number of carbonyl (C=O) groups is 1. The topological polar surface area (TPSA) is 68.0 Å². The Morgan fingerprint density at radius 1 is 1.72 bits per heavy atom. The SMILES string of the molecule is CC1(CNC(=O)c2cc(N)cnc2Cl)CCCS1. The van der Waals surface area contributed by atoms with Crippen molar-refractivity contribution in [1.29, 1.82) is 0 Å². The first kappa shape index (κ1) is 13.5.